The first-order valence-electron chi connectivity index (χ1n) is 5.96. The Bertz CT molecular complexity index is 664. The van der Waals surface area contributed by atoms with Crippen LogP contribution >= 0.6 is 0 Å². The van der Waals surface area contributed by atoms with Gasteiger partial charge in [0.1, 0.15) is 6.07 Å². The number of rotatable bonds is 4. The van der Waals surface area contributed by atoms with Crippen molar-refractivity contribution in [2.24, 2.45) is 0 Å². The lowest BCUT2D eigenvalue weighted by atomic mass is 10.2. The molecule has 0 amide bonds. The Kier molecular flexibility index (Phi) is 4.43. The molecule has 0 fully saturated rings. The molecule has 0 saturated carbocycles. The van der Waals surface area contributed by atoms with Crippen LogP contribution in [0.1, 0.15) is 11.3 Å². The van der Waals surface area contributed by atoms with Gasteiger partial charge in [0.2, 0.25) is 0 Å². The Balaban J connectivity index is 2.17. The van der Waals surface area contributed by atoms with E-state index in [-0.39, 0.29) is 0 Å². The van der Waals surface area contributed by atoms with Gasteiger partial charge in [-0.3, -0.25) is 4.21 Å². The first-order chi connectivity index (χ1) is 9.61. The molecule has 6 heteroatoms. The molecule has 0 aliphatic heterocycles. The van der Waals surface area contributed by atoms with E-state index in [1.807, 2.05) is 42.3 Å². The fraction of sp³-hybridized carbons (Fsp3) is 0.214. The first kappa shape index (κ1) is 14.2. The minimum Gasteiger partial charge on any atom is -0.353 e. The van der Waals surface area contributed by atoms with E-state index < -0.39 is 10.8 Å². The van der Waals surface area contributed by atoms with Crippen molar-refractivity contribution in [3.8, 4) is 6.07 Å². The van der Waals surface area contributed by atoms with E-state index in [1.54, 1.807) is 12.5 Å². The summed E-state index contributed by atoms with van der Waals surface area (Å²) in [7, 11) is 0.888. The molecule has 102 valence electrons. The first-order valence-corrected chi connectivity index (χ1v) is 7.52. The second kappa shape index (κ2) is 6.26. The third-order valence-corrected chi connectivity index (χ3v) is 3.76. The number of anilines is 1. The van der Waals surface area contributed by atoms with Crippen LogP contribution in [0, 0.1) is 11.3 Å². The number of hydrogen-bond donors (Lipinski definition) is 0. The van der Waals surface area contributed by atoms with Crippen molar-refractivity contribution < 1.29 is 4.21 Å². The molecule has 2 aromatic rings. The molecule has 0 saturated heterocycles. The molecule has 1 aromatic carbocycles. The summed E-state index contributed by atoms with van der Waals surface area (Å²) in [5, 5.41) is 9.02. The Labute approximate surface area is 120 Å². The fourth-order valence-corrected chi connectivity index (χ4v) is 2.34. The van der Waals surface area contributed by atoms with Gasteiger partial charge >= 0.3 is 0 Å². The smallest absolute Gasteiger partial charge is 0.183 e. The number of benzene rings is 1. The second-order valence-corrected chi connectivity index (χ2v) is 5.67. The molecule has 0 radical (unpaired) electrons. The zero-order valence-corrected chi connectivity index (χ0v) is 12.1. The molecule has 1 aromatic heterocycles. The summed E-state index contributed by atoms with van der Waals surface area (Å²) in [5.74, 6) is 0.554. The maximum atomic E-state index is 11.3. The largest absolute Gasteiger partial charge is 0.353 e. The molecule has 1 atom stereocenters. The van der Waals surface area contributed by atoms with Crippen LogP contribution in [-0.2, 0) is 17.3 Å². The predicted octanol–water partition coefficient (Wildman–Crippen LogP) is 1.72. The lowest BCUT2D eigenvalue weighted by Crippen LogP contribution is -2.19. The monoisotopic (exact) mass is 286 g/mol. The molecule has 0 aliphatic carbocycles. The Morgan fingerprint density at radius 2 is 1.90 bits per heavy atom. The Morgan fingerprint density at radius 3 is 2.50 bits per heavy atom. The van der Waals surface area contributed by atoms with E-state index in [9.17, 15) is 4.21 Å². The van der Waals surface area contributed by atoms with Gasteiger partial charge in [0.05, 0.1) is 0 Å². The Morgan fingerprint density at radius 1 is 1.25 bits per heavy atom. The fourth-order valence-electron chi connectivity index (χ4n) is 1.82. The summed E-state index contributed by atoms with van der Waals surface area (Å²) in [5.41, 5.74) is 1.36. The van der Waals surface area contributed by atoms with E-state index in [2.05, 4.69) is 9.97 Å². The minimum absolute atomic E-state index is 0.307. The molecule has 20 heavy (non-hydrogen) atoms. The van der Waals surface area contributed by atoms with Crippen molar-refractivity contribution in [1.82, 2.24) is 9.97 Å². The molecule has 5 nitrogen and oxygen atoms in total. The normalized spacial score (nSPS) is 11.7. The van der Waals surface area contributed by atoms with Crippen LogP contribution in [0.3, 0.4) is 0 Å². The van der Waals surface area contributed by atoms with Gasteiger partial charge < -0.3 is 4.90 Å². The van der Waals surface area contributed by atoms with Gasteiger partial charge in [0.15, 0.2) is 11.5 Å². The summed E-state index contributed by atoms with van der Waals surface area (Å²) in [6, 6.07) is 9.58. The highest BCUT2D eigenvalue weighted by Gasteiger charge is 2.10. The van der Waals surface area contributed by atoms with Crippen LogP contribution in [0.2, 0.25) is 0 Å². The van der Waals surface area contributed by atoms with E-state index in [0.717, 1.165) is 10.5 Å². The van der Waals surface area contributed by atoms with E-state index in [4.69, 9.17) is 5.26 Å². The maximum absolute atomic E-state index is 11.3. The van der Waals surface area contributed by atoms with Crippen LogP contribution in [0.5, 0.6) is 0 Å². The third kappa shape index (κ3) is 3.19. The molecule has 1 heterocycles. The van der Waals surface area contributed by atoms with Crippen molar-refractivity contribution in [3.05, 3.63) is 47.9 Å². The van der Waals surface area contributed by atoms with Crippen molar-refractivity contribution in [2.45, 2.75) is 11.4 Å². The van der Waals surface area contributed by atoms with Gasteiger partial charge in [-0.25, -0.2) is 9.97 Å². The summed E-state index contributed by atoms with van der Waals surface area (Å²) >= 11 is 0. The van der Waals surface area contributed by atoms with Gasteiger partial charge in [0.25, 0.3) is 0 Å². The van der Waals surface area contributed by atoms with Gasteiger partial charge in [-0.1, -0.05) is 12.1 Å². The van der Waals surface area contributed by atoms with Crippen molar-refractivity contribution in [2.75, 3.05) is 18.2 Å². The topological polar surface area (TPSA) is 69.9 Å². The molecule has 2 rings (SSSR count). The van der Waals surface area contributed by atoms with Gasteiger partial charge in [0, 0.05) is 47.9 Å². The number of hydrogen-bond acceptors (Lipinski definition) is 5. The SMILES string of the molecule is CN(Cc1ccc(S(C)=O)cc1)c1nccnc1C#N. The van der Waals surface area contributed by atoms with Crippen LogP contribution < -0.4 is 4.90 Å². The van der Waals surface area contributed by atoms with Crippen LogP contribution in [0.4, 0.5) is 5.82 Å². The Hall–Kier alpha value is -2.26. The maximum Gasteiger partial charge on any atom is 0.183 e. The second-order valence-electron chi connectivity index (χ2n) is 4.29. The van der Waals surface area contributed by atoms with E-state index >= 15 is 0 Å². The quantitative estimate of drug-likeness (QED) is 0.856. The molecular weight excluding hydrogens is 272 g/mol. The van der Waals surface area contributed by atoms with Gasteiger partial charge in [-0.15, -0.1) is 0 Å². The number of nitriles is 1. The number of aromatic nitrogens is 2. The average Bonchev–Trinajstić information content (AvgIpc) is 2.47. The zero-order valence-electron chi connectivity index (χ0n) is 11.3. The molecule has 0 aliphatic rings. The summed E-state index contributed by atoms with van der Waals surface area (Å²) in [4.78, 5) is 10.8. The van der Waals surface area contributed by atoms with Gasteiger partial charge in [-0.05, 0) is 17.7 Å². The van der Waals surface area contributed by atoms with Crippen LogP contribution in [0.25, 0.3) is 0 Å². The van der Waals surface area contributed by atoms with Crippen LogP contribution in [0.15, 0.2) is 41.6 Å². The lowest BCUT2D eigenvalue weighted by molar-refractivity contribution is 0.687. The standard InChI is InChI=1S/C14H14N4OS/c1-18(14-13(9-15)16-7-8-17-14)10-11-3-5-12(6-4-11)20(2)19/h3-8H,10H2,1-2H3. The van der Waals surface area contributed by atoms with E-state index in [0.29, 0.717) is 18.1 Å². The van der Waals surface area contributed by atoms with Crippen molar-refractivity contribution in [3.63, 3.8) is 0 Å². The average molecular weight is 286 g/mol. The number of nitrogens with zero attached hydrogens (tertiary/aromatic N) is 4. The molecule has 0 N–H and O–H groups in total. The zero-order chi connectivity index (χ0) is 14.5. The summed E-state index contributed by atoms with van der Waals surface area (Å²) in [6.45, 7) is 0.601. The predicted molar refractivity (Wildman–Crippen MR) is 77.6 cm³/mol. The summed E-state index contributed by atoms with van der Waals surface area (Å²) in [6.07, 6.45) is 4.72. The molecular formula is C14H14N4OS. The summed E-state index contributed by atoms with van der Waals surface area (Å²) < 4.78 is 11.3. The molecule has 1 unspecified atom stereocenters. The minimum atomic E-state index is -0.970. The third-order valence-electron chi connectivity index (χ3n) is 2.82. The highest BCUT2D eigenvalue weighted by molar-refractivity contribution is 7.84. The van der Waals surface area contributed by atoms with Crippen molar-refractivity contribution >= 4 is 16.6 Å². The highest BCUT2D eigenvalue weighted by Crippen LogP contribution is 2.16. The van der Waals surface area contributed by atoms with Gasteiger partial charge in [-0.2, -0.15) is 5.26 Å². The van der Waals surface area contributed by atoms with Crippen LogP contribution in [-0.4, -0.2) is 27.5 Å². The van der Waals surface area contributed by atoms with Crippen molar-refractivity contribution in [1.29, 1.82) is 5.26 Å². The highest BCUT2D eigenvalue weighted by atomic mass is 32.2. The molecule has 0 bridgehead atoms. The lowest BCUT2D eigenvalue weighted by Gasteiger charge is -2.18. The van der Waals surface area contributed by atoms with E-state index in [1.165, 1.54) is 6.20 Å². The molecule has 0 spiro atoms.